The molecule has 0 aromatic carbocycles. The van der Waals surface area contributed by atoms with Crippen LogP contribution in [0.1, 0.15) is 13.3 Å². The van der Waals surface area contributed by atoms with Gasteiger partial charge in [-0.25, -0.2) is 4.79 Å². The van der Waals surface area contributed by atoms with Gasteiger partial charge in [-0.1, -0.05) is 0 Å². The summed E-state index contributed by atoms with van der Waals surface area (Å²) in [5, 5.41) is 7.40. The maximum atomic E-state index is 11.3. The van der Waals surface area contributed by atoms with Crippen LogP contribution in [-0.4, -0.2) is 47.8 Å². The zero-order valence-electron chi connectivity index (χ0n) is 9.83. The molecule has 0 aliphatic rings. The van der Waals surface area contributed by atoms with Crippen molar-refractivity contribution in [1.82, 2.24) is 16.0 Å². The van der Waals surface area contributed by atoms with Gasteiger partial charge in [0, 0.05) is 29.9 Å². The number of hydrogen-bond donors (Lipinski definition) is 3. The van der Waals surface area contributed by atoms with Crippen LogP contribution in [0.25, 0.3) is 0 Å². The van der Waals surface area contributed by atoms with Crippen LogP contribution < -0.4 is 16.0 Å². The summed E-state index contributed by atoms with van der Waals surface area (Å²) in [4.78, 5) is 22.2. The van der Waals surface area contributed by atoms with Crippen molar-refractivity contribution < 1.29 is 13.8 Å². The number of amides is 3. The first-order chi connectivity index (χ1) is 7.47. The molecular formula is C9H19N3O3S. The maximum absolute atomic E-state index is 11.3. The second kappa shape index (κ2) is 8.23. The van der Waals surface area contributed by atoms with E-state index in [0.717, 1.165) is 6.42 Å². The highest BCUT2D eigenvalue weighted by molar-refractivity contribution is 7.84. The lowest BCUT2D eigenvalue weighted by molar-refractivity contribution is -0.121. The molecule has 0 radical (unpaired) electrons. The molecule has 0 aliphatic heterocycles. The minimum absolute atomic E-state index is 0.378. The molecule has 2 unspecified atom stereocenters. The van der Waals surface area contributed by atoms with Crippen molar-refractivity contribution in [3.05, 3.63) is 0 Å². The van der Waals surface area contributed by atoms with Crippen LogP contribution in [0.3, 0.4) is 0 Å². The molecule has 0 spiro atoms. The molecule has 16 heavy (non-hydrogen) atoms. The summed E-state index contributed by atoms with van der Waals surface area (Å²) in [5.41, 5.74) is 0. The molecule has 7 heteroatoms. The molecule has 3 amide bonds. The van der Waals surface area contributed by atoms with Gasteiger partial charge >= 0.3 is 6.03 Å². The third kappa shape index (κ3) is 7.36. The summed E-state index contributed by atoms with van der Waals surface area (Å²) >= 11 is 0. The van der Waals surface area contributed by atoms with Gasteiger partial charge in [0.1, 0.15) is 0 Å². The number of nitrogens with one attached hydrogen (secondary N) is 3. The summed E-state index contributed by atoms with van der Waals surface area (Å²) in [7, 11) is 0.636. The lowest BCUT2D eigenvalue weighted by atomic mass is 10.3. The van der Waals surface area contributed by atoms with Crippen molar-refractivity contribution in [2.45, 2.75) is 19.4 Å². The standard InChI is InChI=1S/C9H19N3O3S/c1-7(8(13)12-9(14)10-2)11-5-4-6-16(3)15/h7,11H,4-6H2,1-3H3,(H2,10,12,13,14). The Morgan fingerprint density at radius 3 is 2.50 bits per heavy atom. The Morgan fingerprint density at radius 1 is 1.38 bits per heavy atom. The molecule has 0 aromatic rings. The summed E-state index contributed by atoms with van der Waals surface area (Å²) in [6, 6.07) is -0.962. The number of imide groups is 1. The molecule has 0 saturated heterocycles. The SMILES string of the molecule is CNC(=O)NC(=O)C(C)NCCCS(C)=O. The first-order valence-electron chi connectivity index (χ1n) is 5.03. The molecule has 3 N–H and O–H groups in total. The molecule has 0 rings (SSSR count). The quantitative estimate of drug-likeness (QED) is 0.537. The Balaban J connectivity index is 3.71. The predicted molar refractivity (Wildman–Crippen MR) is 63.6 cm³/mol. The van der Waals surface area contributed by atoms with Gasteiger partial charge in [-0.15, -0.1) is 0 Å². The van der Waals surface area contributed by atoms with Crippen molar-refractivity contribution in [2.75, 3.05) is 25.6 Å². The number of carbonyl (C=O) groups excluding carboxylic acids is 2. The van der Waals surface area contributed by atoms with Gasteiger partial charge in [0.05, 0.1) is 6.04 Å². The normalized spacial score (nSPS) is 13.9. The summed E-state index contributed by atoms with van der Waals surface area (Å²) in [6.07, 6.45) is 2.38. The molecule has 6 nitrogen and oxygen atoms in total. The highest BCUT2D eigenvalue weighted by atomic mass is 32.2. The molecule has 0 fully saturated rings. The predicted octanol–water partition coefficient (Wildman–Crippen LogP) is -0.811. The number of urea groups is 1. The van der Waals surface area contributed by atoms with Crippen LogP contribution in [0.2, 0.25) is 0 Å². The minimum atomic E-state index is -0.806. The van der Waals surface area contributed by atoms with Gasteiger partial charge < -0.3 is 10.6 Å². The van der Waals surface area contributed by atoms with Gasteiger partial charge in [0.2, 0.25) is 5.91 Å². The fraction of sp³-hybridized carbons (Fsp3) is 0.778. The Morgan fingerprint density at radius 2 is 2.00 bits per heavy atom. The van der Waals surface area contributed by atoms with Crippen LogP contribution in [-0.2, 0) is 15.6 Å². The molecular weight excluding hydrogens is 230 g/mol. The van der Waals surface area contributed by atoms with Crippen LogP contribution in [0.5, 0.6) is 0 Å². The van der Waals surface area contributed by atoms with Crippen molar-refractivity contribution >= 4 is 22.7 Å². The molecule has 0 aliphatic carbocycles. The van der Waals surface area contributed by atoms with E-state index in [1.807, 2.05) is 0 Å². The van der Waals surface area contributed by atoms with Gasteiger partial charge in [-0.05, 0) is 19.9 Å². The number of rotatable bonds is 6. The fourth-order valence-corrected chi connectivity index (χ4v) is 1.52. The summed E-state index contributed by atoms with van der Waals surface area (Å²) < 4.78 is 10.8. The fourth-order valence-electron chi connectivity index (χ4n) is 0.969. The van der Waals surface area contributed by atoms with E-state index in [9.17, 15) is 13.8 Å². The molecule has 0 heterocycles. The first kappa shape index (κ1) is 15.0. The van der Waals surface area contributed by atoms with E-state index in [-0.39, 0.29) is 5.91 Å². The maximum Gasteiger partial charge on any atom is 0.321 e. The molecule has 0 saturated carbocycles. The third-order valence-electron chi connectivity index (χ3n) is 1.92. The second-order valence-electron chi connectivity index (χ2n) is 3.38. The largest absolute Gasteiger partial charge is 0.341 e. The topological polar surface area (TPSA) is 87.3 Å². The minimum Gasteiger partial charge on any atom is -0.341 e. The second-order valence-corrected chi connectivity index (χ2v) is 4.93. The van der Waals surface area contributed by atoms with Crippen LogP contribution >= 0.6 is 0 Å². The first-order valence-corrected chi connectivity index (χ1v) is 6.76. The lowest BCUT2D eigenvalue weighted by Gasteiger charge is -2.12. The highest BCUT2D eigenvalue weighted by Crippen LogP contribution is 1.86. The Kier molecular flexibility index (Phi) is 7.74. The van der Waals surface area contributed by atoms with Crippen molar-refractivity contribution in [2.24, 2.45) is 0 Å². The molecule has 0 aromatic heterocycles. The number of carbonyl (C=O) groups is 2. The monoisotopic (exact) mass is 249 g/mol. The van der Waals surface area contributed by atoms with Crippen molar-refractivity contribution in [3.8, 4) is 0 Å². The third-order valence-corrected chi connectivity index (χ3v) is 2.78. The zero-order chi connectivity index (χ0) is 12.6. The number of hydrogen-bond acceptors (Lipinski definition) is 4. The van der Waals surface area contributed by atoms with Crippen molar-refractivity contribution in [1.29, 1.82) is 0 Å². The van der Waals surface area contributed by atoms with Gasteiger partial charge in [-0.3, -0.25) is 14.3 Å². The van der Waals surface area contributed by atoms with Crippen LogP contribution in [0.4, 0.5) is 4.79 Å². The molecule has 0 bridgehead atoms. The molecule has 2 atom stereocenters. The van der Waals surface area contributed by atoms with E-state index in [4.69, 9.17) is 0 Å². The lowest BCUT2D eigenvalue weighted by Crippen LogP contribution is -2.47. The average molecular weight is 249 g/mol. The van der Waals surface area contributed by atoms with E-state index in [1.165, 1.54) is 7.05 Å². The Hall–Kier alpha value is -0.950. The van der Waals surface area contributed by atoms with E-state index >= 15 is 0 Å². The van der Waals surface area contributed by atoms with Crippen molar-refractivity contribution in [3.63, 3.8) is 0 Å². The van der Waals surface area contributed by atoms with Crippen LogP contribution in [0, 0.1) is 0 Å². The summed E-state index contributed by atoms with van der Waals surface area (Å²) in [6.45, 7) is 2.27. The summed E-state index contributed by atoms with van der Waals surface area (Å²) in [5.74, 6) is 0.230. The smallest absolute Gasteiger partial charge is 0.321 e. The van der Waals surface area contributed by atoms with Gasteiger partial charge in [0.15, 0.2) is 0 Å². The van der Waals surface area contributed by atoms with E-state index in [1.54, 1.807) is 13.2 Å². The van der Waals surface area contributed by atoms with E-state index in [2.05, 4.69) is 16.0 Å². The van der Waals surface area contributed by atoms with Gasteiger partial charge in [-0.2, -0.15) is 0 Å². The van der Waals surface area contributed by atoms with E-state index < -0.39 is 22.9 Å². The highest BCUT2D eigenvalue weighted by Gasteiger charge is 2.13. The zero-order valence-corrected chi connectivity index (χ0v) is 10.6. The Bertz CT molecular complexity index is 271. The van der Waals surface area contributed by atoms with Crippen LogP contribution in [0.15, 0.2) is 0 Å². The van der Waals surface area contributed by atoms with E-state index in [0.29, 0.717) is 12.3 Å². The average Bonchev–Trinajstić information content (AvgIpc) is 2.23. The Labute approximate surface area is 98.0 Å². The molecule has 94 valence electrons. The van der Waals surface area contributed by atoms with Gasteiger partial charge in [0.25, 0.3) is 0 Å².